The SMILES string of the molecule is O=C(NOCC1CC1)c1ccc2nc(Cl)c(CN3CCOCC3)n2c1. The third-order valence-electron chi connectivity index (χ3n) is 4.59. The second-order valence-electron chi connectivity index (χ2n) is 6.57. The average Bonchev–Trinajstić information content (AvgIpc) is 3.40. The number of rotatable bonds is 6. The summed E-state index contributed by atoms with van der Waals surface area (Å²) in [5.74, 6) is 0.333. The van der Waals surface area contributed by atoms with Crippen molar-refractivity contribution in [3.63, 3.8) is 0 Å². The van der Waals surface area contributed by atoms with E-state index < -0.39 is 0 Å². The van der Waals surface area contributed by atoms with Gasteiger partial charge >= 0.3 is 0 Å². The van der Waals surface area contributed by atoms with Crippen LogP contribution >= 0.6 is 11.6 Å². The first kappa shape index (κ1) is 16.8. The first-order chi connectivity index (χ1) is 12.2. The molecule has 2 aliphatic rings. The number of carbonyl (C=O) groups is 1. The first-order valence-corrected chi connectivity index (χ1v) is 8.97. The van der Waals surface area contributed by atoms with E-state index in [0.717, 1.165) is 37.6 Å². The minimum atomic E-state index is -0.260. The van der Waals surface area contributed by atoms with Crippen LogP contribution < -0.4 is 5.48 Å². The van der Waals surface area contributed by atoms with Gasteiger partial charge in [0.05, 0.1) is 31.1 Å². The third-order valence-corrected chi connectivity index (χ3v) is 4.89. The van der Waals surface area contributed by atoms with Crippen molar-refractivity contribution < 1.29 is 14.4 Å². The van der Waals surface area contributed by atoms with Gasteiger partial charge in [-0.1, -0.05) is 11.6 Å². The fourth-order valence-electron chi connectivity index (χ4n) is 2.88. The minimum absolute atomic E-state index is 0.260. The molecule has 1 aliphatic heterocycles. The number of pyridine rings is 1. The van der Waals surface area contributed by atoms with Crippen molar-refractivity contribution in [2.75, 3.05) is 32.9 Å². The zero-order valence-corrected chi connectivity index (χ0v) is 14.7. The average molecular weight is 365 g/mol. The Kier molecular flexibility index (Phi) is 4.89. The molecule has 0 spiro atoms. The number of halogens is 1. The number of hydrogen-bond acceptors (Lipinski definition) is 5. The molecule has 3 heterocycles. The Balaban J connectivity index is 1.51. The van der Waals surface area contributed by atoms with Crippen LogP contribution in [0.3, 0.4) is 0 Å². The number of fused-ring (bicyclic) bond motifs is 1. The second-order valence-corrected chi connectivity index (χ2v) is 6.93. The summed E-state index contributed by atoms with van der Waals surface area (Å²) in [6, 6.07) is 3.53. The maximum atomic E-state index is 12.3. The monoisotopic (exact) mass is 364 g/mol. The highest BCUT2D eigenvalue weighted by molar-refractivity contribution is 6.30. The molecule has 0 radical (unpaired) electrons. The molecule has 1 saturated heterocycles. The lowest BCUT2D eigenvalue weighted by molar-refractivity contribution is 0.0270. The predicted molar refractivity (Wildman–Crippen MR) is 92.4 cm³/mol. The molecule has 2 aromatic heterocycles. The van der Waals surface area contributed by atoms with E-state index >= 15 is 0 Å². The van der Waals surface area contributed by atoms with Crippen LogP contribution in [0.4, 0.5) is 0 Å². The van der Waals surface area contributed by atoms with Crippen molar-refractivity contribution in [2.45, 2.75) is 19.4 Å². The van der Waals surface area contributed by atoms with Gasteiger partial charge < -0.3 is 9.14 Å². The van der Waals surface area contributed by atoms with Crippen LogP contribution in [0.2, 0.25) is 5.15 Å². The van der Waals surface area contributed by atoms with Crippen molar-refractivity contribution in [1.29, 1.82) is 0 Å². The molecule has 0 atom stereocenters. The Morgan fingerprint density at radius 1 is 1.36 bits per heavy atom. The Morgan fingerprint density at radius 2 is 2.16 bits per heavy atom. The van der Waals surface area contributed by atoms with Gasteiger partial charge in [0.2, 0.25) is 0 Å². The van der Waals surface area contributed by atoms with Gasteiger partial charge in [0.15, 0.2) is 5.15 Å². The van der Waals surface area contributed by atoms with E-state index in [1.165, 1.54) is 12.8 Å². The summed E-state index contributed by atoms with van der Waals surface area (Å²) in [5.41, 5.74) is 4.63. The van der Waals surface area contributed by atoms with E-state index in [1.807, 2.05) is 4.40 Å². The molecule has 25 heavy (non-hydrogen) atoms. The highest BCUT2D eigenvalue weighted by Crippen LogP contribution is 2.28. The number of morpholine rings is 1. The summed E-state index contributed by atoms with van der Waals surface area (Å²) >= 11 is 6.33. The van der Waals surface area contributed by atoms with Crippen molar-refractivity contribution >= 4 is 23.2 Å². The van der Waals surface area contributed by atoms with Crippen LogP contribution in [0, 0.1) is 5.92 Å². The number of imidazole rings is 1. The number of hydroxylamine groups is 1. The smallest absolute Gasteiger partial charge is 0.276 e. The molecule has 0 aromatic carbocycles. The zero-order valence-electron chi connectivity index (χ0n) is 13.9. The van der Waals surface area contributed by atoms with Gasteiger partial charge in [-0.25, -0.2) is 10.5 Å². The fraction of sp³-hybridized carbons (Fsp3) is 0.529. The molecular weight excluding hydrogens is 344 g/mol. The van der Waals surface area contributed by atoms with Gasteiger partial charge in [-0.3, -0.25) is 14.5 Å². The van der Waals surface area contributed by atoms with Crippen molar-refractivity contribution in [2.24, 2.45) is 5.92 Å². The third kappa shape index (κ3) is 3.95. The zero-order chi connectivity index (χ0) is 17.2. The number of amides is 1. The molecule has 1 amide bonds. The molecule has 1 aliphatic carbocycles. The van der Waals surface area contributed by atoms with Crippen molar-refractivity contribution in [3.8, 4) is 0 Å². The normalized spacial score (nSPS) is 18.6. The van der Waals surface area contributed by atoms with Crippen LogP contribution in [0.5, 0.6) is 0 Å². The highest BCUT2D eigenvalue weighted by Gasteiger charge is 2.22. The molecule has 7 nitrogen and oxygen atoms in total. The highest BCUT2D eigenvalue weighted by atomic mass is 35.5. The van der Waals surface area contributed by atoms with Gasteiger partial charge in [-0.2, -0.15) is 0 Å². The molecule has 8 heteroatoms. The van der Waals surface area contributed by atoms with E-state index in [0.29, 0.717) is 29.8 Å². The number of ether oxygens (including phenoxy) is 1. The largest absolute Gasteiger partial charge is 0.379 e. The first-order valence-electron chi connectivity index (χ1n) is 8.59. The molecule has 4 rings (SSSR count). The predicted octanol–water partition coefficient (Wildman–Crippen LogP) is 1.89. The summed E-state index contributed by atoms with van der Waals surface area (Å²) in [6.07, 6.45) is 4.13. The molecule has 1 N–H and O–H groups in total. The molecule has 134 valence electrons. The number of carbonyl (C=O) groups excluding carboxylic acids is 1. The molecule has 1 saturated carbocycles. The number of aromatic nitrogens is 2. The lowest BCUT2D eigenvalue weighted by Crippen LogP contribution is -2.36. The summed E-state index contributed by atoms with van der Waals surface area (Å²) in [5, 5.41) is 0.467. The van der Waals surface area contributed by atoms with Gasteiger partial charge in [-0.15, -0.1) is 0 Å². The van der Waals surface area contributed by atoms with E-state index in [9.17, 15) is 4.79 Å². The maximum Gasteiger partial charge on any atom is 0.276 e. The standard InChI is InChI=1S/C17H21ClN4O3/c18-16-14(10-21-5-7-24-8-6-21)22-9-13(3-4-15(22)19-16)17(23)20-25-11-12-1-2-12/h3-4,9,12H,1-2,5-8,10-11H2,(H,20,23). The summed E-state index contributed by atoms with van der Waals surface area (Å²) < 4.78 is 7.26. The van der Waals surface area contributed by atoms with Gasteiger partial charge in [0.25, 0.3) is 5.91 Å². The Bertz CT molecular complexity index is 769. The number of nitrogens with zero attached hydrogens (tertiary/aromatic N) is 3. The molecule has 2 aromatic rings. The molecule has 2 fully saturated rings. The van der Waals surface area contributed by atoms with Gasteiger partial charge in [0.1, 0.15) is 5.65 Å². The lowest BCUT2D eigenvalue weighted by Gasteiger charge is -2.26. The topological polar surface area (TPSA) is 68.1 Å². The summed E-state index contributed by atoms with van der Waals surface area (Å²) in [7, 11) is 0. The van der Waals surface area contributed by atoms with E-state index in [4.69, 9.17) is 21.2 Å². The fourth-order valence-corrected chi connectivity index (χ4v) is 3.12. The van der Waals surface area contributed by atoms with E-state index in [-0.39, 0.29) is 5.91 Å². The van der Waals surface area contributed by atoms with Crippen LogP contribution in [0.15, 0.2) is 18.3 Å². The number of nitrogens with one attached hydrogen (secondary N) is 1. The van der Waals surface area contributed by atoms with Crippen LogP contribution in [-0.2, 0) is 16.1 Å². The maximum absolute atomic E-state index is 12.3. The van der Waals surface area contributed by atoms with Gasteiger partial charge in [0, 0.05) is 25.8 Å². The summed E-state index contributed by atoms with van der Waals surface area (Å²) in [6.45, 7) is 4.41. The van der Waals surface area contributed by atoms with Crippen LogP contribution in [0.25, 0.3) is 5.65 Å². The molecule has 0 unspecified atom stereocenters. The number of hydrogen-bond donors (Lipinski definition) is 1. The van der Waals surface area contributed by atoms with Crippen molar-refractivity contribution in [3.05, 3.63) is 34.7 Å². The van der Waals surface area contributed by atoms with Gasteiger partial charge in [-0.05, 0) is 30.9 Å². The lowest BCUT2D eigenvalue weighted by atomic mass is 10.2. The second kappa shape index (κ2) is 7.29. The molecular formula is C17H21ClN4O3. The minimum Gasteiger partial charge on any atom is -0.379 e. The summed E-state index contributed by atoms with van der Waals surface area (Å²) in [4.78, 5) is 24.2. The van der Waals surface area contributed by atoms with Crippen LogP contribution in [-0.4, -0.2) is 53.1 Å². The molecule has 0 bridgehead atoms. The van der Waals surface area contributed by atoms with Crippen molar-refractivity contribution in [1.82, 2.24) is 19.8 Å². The quantitative estimate of drug-likeness (QED) is 0.793. The van der Waals surface area contributed by atoms with E-state index in [2.05, 4.69) is 15.4 Å². The Hall–Kier alpha value is -1.67. The van der Waals surface area contributed by atoms with E-state index in [1.54, 1.807) is 18.3 Å². The Morgan fingerprint density at radius 3 is 2.92 bits per heavy atom. The Labute approximate surface area is 150 Å². The van der Waals surface area contributed by atoms with Crippen LogP contribution in [0.1, 0.15) is 28.9 Å².